The number of hydrogen-bond donors (Lipinski definition) is 3. The van der Waals surface area contributed by atoms with Crippen LogP contribution >= 0.6 is 0 Å². The van der Waals surface area contributed by atoms with Gasteiger partial charge in [-0.3, -0.25) is 19.4 Å². The molecule has 0 unspecified atom stereocenters. The van der Waals surface area contributed by atoms with Gasteiger partial charge in [0.15, 0.2) is 11.5 Å². The lowest BCUT2D eigenvalue weighted by atomic mass is 10.1. The van der Waals surface area contributed by atoms with Crippen molar-refractivity contribution in [2.45, 2.75) is 32.7 Å². The third-order valence-corrected chi connectivity index (χ3v) is 8.58. The van der Waals surface area contributed by atoms with Crippen molar-refractivity contribution in [1.29, 1.82) is 0 Å². The number of aromatic nitrogens is 2. The Kier molecular flexibility index (Phi) is 12.1. The Labute approximate surface area is 296 Å². The third-order valence-electron chi connectivity index (χ3n) is 8.58. The largest absolute Gasteiger partial charge is 0.486 e. The molecular formula is C39H43N5O7. The molecule has 51 heavy (non-hydrogen) atoms. The van der Waals surface area contributed by atoms with Gasteiger partial charge in [0.2, 0.25) is 11.8 Å². The van der Waals surface area contributed by atoms with E-state index in [2.05, 4.69) is 38.8 Å². The number of aromatic amines is 1. The van der Waals surface area contributed by atoms with Crippen molar-refractivity contribution >= 4 is 45.2 Å². The van der Waals surface area contributed by atoms with Gasteiger partial charge in [-0.1, -0.05) is 31.2 Å². The van der Waals surface area contributed by atoms with Gasteiger partial charge in [0.05, 0.1) is 33.0 Å². The molecule has 1 aliphatic rings. The van der Waals surface area contributed by atoms with E-state index < -0.39 is 0 Å². The first-order valence-electron chi connectivity index (χ1n) is 17.3. The molecule has 0 fully saturated rings. The SMILES string of the molecule is CCC(=O)N(Cc1ccc(C(=O)NCCOCCOCCNC(=O)CCc2ccc3c(c2)[nH]c2ccncc23)cc1)c1ccc2c(c1)OCCO2. The van der Waals surface area contributed by atoms with E-state index in [-0.39, 0.29) is 17.7 Å². The van der Waals surface area contributed by atoms with E-state index in [4.69, 9.17) is 18.9 Å². The number of amides is 3. The highest BCUT2D eigenvalue weighted by Gasteiger charge is 2.19. The quantitative estimate of drug-likeness (QED) is 0.116. The first kappa shape index (κ1) is 35.4. The maximum absolute atomic E-state index is 12.8. The van der Waals surface area contributed by atoms with E-state index in [0.717, 1.165) is 38.6 Å². The molecule has 12 nitrogen and oxygen atoms in total. The number of carbonyl (C=O) groups excluding carboxylic acids is 3. The number of hydrogen-bond acceptors (Lipinski definition) is 8. The summed E-state index contributed by atoms with van der Waals surface area (Å²) in [5.74, 6) is 1.04. The molecule has 1 aliphatic heterocycles. The number of anilines is 1. The minimum atomic E-state index is -0.207. The van der Waals surface area contributed by atoms with Crippen LogP contribution in [0.1, 0.15) is 41.3 Å². The van der Waals surface area contributed by atoms with Crippen LogP contribution in [0.3, 0.4) is 0 Å². The van der Waals surface area contributed by atoms with E-state index >= 15 is 0 Å². The van der Waals surface area contributed by atoms with Crippen LogP contribution in [0.2, 0.25) is 0 Å². The monoisotopic (exact) mass is 693 g/mol. The number of H-pyrrole nitrogens is 1. The molecule has 3 N–H and O–H groups in total. The van der Waals surface area contributed by atoms with E-state index in [1.165, 1.54) is 0 Å². The van der Waals surface area contributed by atoms with Crippen molar-refractivity contribution in [3.63, 3.8) is 0 Å². The summed E-state index contributed by atoms with van der Waals surface area (Å²) >= 11 is 0. The van der Waals surface area contributed by atoms with E-state index in [1.54, 1.807) is 23.2 Å². The molecular weight excluding hydrogens is 650 g/mol. The average molecular weight is 694 g/mol. The number of nitrogens with zero attached hydrogens (tertiary/aromatic N) is 2. The lowest BCUT2D eigenvalue weighted by molar-refractivity contribution is -0.121. The minimum Gasteiger partial charge on any atom is -0.486 e. The van der Waals surface area contributed by atoms with Crippen LogP contribution in [0.25, 0.3) is 21.8 Å². The average Bonchev–Trinajstić information content (AvgIpc) is 3.54. The number of rotatable bonds is 17. The first-order chi connectivity index (χ1) is 25.0. The summed E-state index contributed by atoms with van der Waals surface area (Å²) in [7, 11) is 0. The molecule has 6 rings (SSSR count). The maximum Gasteiger partial charge on any atom is 0.251 e. The fourth-order valence-corrected chi connectivity index (χ4v) is 5.88. The van der Waals surface area contributed by atoms with E-state index in [0.29, 0.717) is 95.6 Å². The van der Waals surface area contributed by atoms with E-state index in [1.807, 2.05) is 49.5 Å². The fraction of sp³-hybridized carbons (Fsp3) is 0.333. The van der Waals surface area contributed by atoms with Gasteiger partial charge < -0.3 is 39.5 Å². The zero-order valence-corrected chi connectivity index (χ0v) is 28.7. The summed E-state index contributed by atoms with van der Waals surface area (Å²) in [5, 5.41) is 7.97. The zero-order valence-electron chi connectivity index (χ0n) is 28.7. The highest BCUT2D eigenvalue weighted by atomic mass is 16.6. The second kappa shape index (κ2) is 17.5. The third kappa shape index (κ3) is 9.41. The highest BCUT2D eigenvalue weighted by molar-refractivity contribution is 6.06. The number of pyridine rings is 1. The van der Waals surface area contributed by atoms with Gasteiger partial charge in [-0.25, -0.2) is 0 Å². The Bertz CT molecular complexity index is 1960. The summed E-state index contributed by atoms with van der Waals surface area (Å²) < 4.78 is 22.4. The van der Waals surface area contributed by atoms with E-state index in [9.17, 15) is 14.4 Å². The molecule has 2 aromatic heterocycles. The number of ether oxygens (including phenoxy) is 4. The Balaban J connectivity index is 0.820. The van der Waals surface area contributed by atoms with Gasteiger partial charge in [0.25, 0.3) is 5.91 Å². The second-order valence-electron chi connectivity index (χ2n) is 12.1. The van der Waals surface area contributed by atoms with Crippen molar-refractivity contribution in [2.75, 3.05) is 57.6 Å². The molecule has 0 atom stereocenters. The molecule has 266 valence electrons. The molecule has 0 spiro atoms. The van der Waals surface area contributed by atoms with Crippen molar-refractivity contribution in [2.24, 2.45) is 0 Å². The summed E-state index contributed by atoms with van der Waals surface area (Å²) in [6.45, 7) is 5.42. The molecule has 12 heteroatoms. The first-order valence-corrected chi connectivity index (χ1v) is 17.3. The van der Waals surface area contributed by atoms with Crippen LogP contribution in [0.4, 0.5) is 5.69 Å². The number of aryl methyl sites for hydroxylation is 1. The molecule has 0 bridgehead atoms. The lowest BCUT2D eigenvalue weighted by Crippen LogP contribution is -2.30. The molecule has 0 saturated heterocycles. The van der Waals surface area contributed by atoms with Crippen molar-refractivity contribution in [3.05, 3.63) is 95.8 Å². The zero-order chi connectivity index (χ0) is 35.4. The smallest absolute Gasteiger partial charge is 0.251 e. The lowest BCUT2D eigenvalue weighted by Gasteiger charge is -2.25. The minimum absolute atomic E-state index is 0.0216. The molecule has 0 radical (unpaired) electrons. The Hall–Kier alpha value is -5.46. The molecule has 3 amide bonds. The van der Waals surface area contributed by atoms with Crippen LogP contribution in [0.5, 0.6) is 11.5 Å². The highest BCUT2D eigenvalue weighted by Crippen LogP contribution is 2.35. The summed E-state index contributed by atoms with van der Waals surface area (Å²) in [5.41, 5.74) is 5.32. The molecule has 3 heterocycles. The Morgan fingerprint density at radius 2 is 1.55 bits per heavy atom. The van der Waals surface area contributed by atoms with Crippen molar-refractivity contribution < 1.29 is 33.3 Å². The van der Waals surface area contributed by atoms with Crippen LogP contribution < -0.4 is 25.0 Å². The molecule has 0 aliphatic carbocycles. The van der Waals surface area contributed by atoms with Crippen molar-refractivity contribution in [3.8, 4) is 11.5 Å². The summed E-state index contributed by atoms with van der Waals surface area (Å²) in [6.07, 6.45) is 5.02. The van der Waals surface area contributed by atoms with Crippen molar-refractivity contribution in [1.82, 2.24) is 20.6 Å². The summed E-state index contributed by atoms with van der Waals surface area (Å²) in [4.78, 5) is 47.1. The Morgan fingerprint density at radius 3 is 2.33 bits per heavy atom. The Morgan fingerprint density at radius 1 is 0.804 bits per heavy atom. The van der Waals surface area contributed by atoms with Gasteiger partial charge in [0.1, 0.15) is 13.2 Å². The van der Waals surface area contributed by atoms with Gasteiger partial charge in [-0.15, -0.1) is 0 Å². The summed E-state index contributed by atoms with van der Waals surface area (Å²) in [6, 6.07) is 20.9. The predicted molar refractivity (Wildman–Crippen MR) is 194 cm³/mol. The normalized spacial score (nSPS) is 12.2. The maximum atomic E-state index is 12.8. The van der Waals surface area contributed by atoms with Gasteiger partial charge in [0, 0.05) is 77.4 Å². The standard InChI is InChI=1S/C39H43N5O7/c1-2-38(46)44(30-9-11-35-36(24-30)51-22-21-50-35)26-28-3-7-29(8-4-28)39(47)42-16-18-49-20-19-48-17-15-41-37(45)12-6-27-5-10-31-32-25-40-14-13-33(32)43-34(31)23-27/h3-5,7-11,13-14,23-25,43H,2,6,12,15-22,26H2,1H3,(H,41,45)(H,42,47). The van der Waals surface area contributed by atoms with Crippen LogP contribution in [0, 0.1) is 0 Å². The number of nitrogens with one attached hydrogen (secondary N) is 3. The topological polar surface area (TPSA) is 144 Å². The fourth-order valence-electron chi connectivity index (χ4n) is 5.88. The van der Waals surface area contributed by atoms with Crippen LogP contribution in [-0.2, 0) is 32.0 Å². The second-order valence-corrected chi connectivity index (χ2v) is 12.1. The molecule has 5 aromatic rings. The van der Waals surface area contributed by atoms with Crippen LogP contribution in [0.15, 0.2) is 79.1 Å². The molecule has 3 aromatic carbocycles. The molecule has 0 saturated carbocycles. The number of benzene rings is 3. The van der Waals surface area contributed by atoms with Gasteiger partial charge >= 0.3 is 0 Å². The van der Waals surface area contributed by atoms with Gasteiger partial charge in [-0.05, 0) is 53.9 Å². The number of carbonyl (C=O) groups is 3. The predicted octanol–water partition coefficient (Wildman–Crippen LogP) is 4.94. The number of fused-ring (bicyclic) bond motifs is 4. The van der Waals surface area contributed by atoms with Crippen LogP contribution in [-0.4, -0.2) is 80.4 Å². The van der Waals surface area contributed by atoms with Gasteiger partial charge in [-0.2, -0.15) is 0 Å².